The van der Waals surface area contributed by atoms with Crippen LogP contribution in [0.5, 0.6) is 0 Å². The Balaban J connectivity index is 1.63. The summed E-state index contributed by atoms with van der Waals surface area (Å²) < 4.78 is 5.75. The maximum atomic E-state index is 11.0. The van der Waals surface area contributed by atoms with E-state index in [0.717, 1.165) is 41.1 Å². The number of nitrogens with zero attached hydrogens (tertiary/aromatic N) is 2. The molecule has 2 aliphatic rings. The Labute approximate surface area is 138 Å². The zero-order valence-corrected chi connectivity index (χ0v) is 13.5. The zero-order chi connectivity index (χ0) is 15.9. The van der Waals surface area contributed by atoms with Crippen molar-refractivity contribution in [2.75, 3.05) is 19.7 Å². The fraction of sp³-hybridized carbons (Fsp3) is 0.412. The molecule has 4 rings (SSSR count). The first kappa shape index (κ1) is 14.8. The second-order valence-electron chi connectivity index (χ2n) is 6.11. The number of aliphatic hydroxyl groups is 1. The predicted octanol–water partition coefficient (Wildman–Crippen LogP) is 2.32. The minimum atomic E-state index is -0.684. The van der Waals surface area contributed by atoms with Gasteiger partial charge in [-0.3, -0.25) is 4.79 Å². The number of carbonyl (C=O) groups is 1. The number of hydrogen-bond donors (Lipinski definition) is 1. The van der Waals surface area contributed by atoms with Gasteiger partial charge in [0.05, 0.1) is 24.4 Å². The second-order valence-corrected chi connectivity index (χ2v) is 7.00. The standard InChI is InChI=1S/C17H18N2O3S/c20-11-19-7-8-22-15(9-19)16-18-14(10-23-16)12-3-1-2-4-13(12)17(21)5-6-17/h1-4,10-11,15,21H,5-9H2. The SMILES string of the molecule is O=CN1CCOC(c2nc(-c3ccccc3C3(O)CC3)cs2)C1. The Morgan fingerprint density at radius 3 is 3.00 bits per heavy atom. The van der Waals surface area contributed by atoms with Gasteiger partial charge < -0.3 is 14.7 Å². The Morgan fingerprint density at radius 1 is 1.39 bits per heavy atom. The Bertz CT molecular complexity index is 726. The first-order valence-electron chi connectivity index (χ1n) is 7.78. The van der Waals surface area contributed by atoms with Gasteiger partial charge >= 0.3 is 0 Å². The molecule has 1 saturated carbocycles. The summed E-state index contributed by atoms with van der Waals surface area (Å²) in [5, 5.41) is 13.4. The molecule has 0 spiro atoms. The van der Waals surface area contributed by atoms with E-state index in [0.29, 0.717) is 19.7 Å². The summed E-state index contributed by atoms with van der Waals surface area (Å²) in [7, 11) is 0. The highest BCUT2D eigenvalue weighted by Gasteiger charge is 2.43. The first-order chi connectivity index (χ1) is 11.2. The second kappa shape index (κ2) is 5.70. The van der Waals surface area contributed by atoms with Crippen molar-refractivity contribution in [3.8, 4) is 11.3 Å². The van der Waals surface area contributed by atoms with Crippen LogP contribution in [0.2, 0.25) is 0 Å². The van der Waals surface area contributed by atoms with Crippen molar-refractivity contribution in [3.05, 3.63) is 40.2 Å². The smallest absolute Gasteiger partial charge is 0.209 e. The first-order valence-corrected chi connectivity index (χ1v) is 8.66. The molecule has 1 unspecified atom stereocenters. The van der Waals surface area contributed by atoms with Gasteiger partial charge in [0.1, 0.15) is 11.1 Å². The number of rotatable bonds is 4. The summed E-state index contributed by atoms with van der Waals surface area (Å²) in [6, 6.07) is 7.90. The third-order valence-corrected chi connectivity index (χ3v) is 5.41. The Kier molecular flexibility index (Phi) is 3.67. The molecule has 1 aliphatic heterocycles. The highest BCUT2D eigenvalue weighted by Crippen LogP contribution is 2.48. The normalized spacial score (nSPS) is 22.8. The van der Waals surface area contributed by atoms with Crippen molar-refractivity contribution in [3.63, 3.8) is 0 Å². The number of carbonyl (C=O) groups excluding carboxylic acids is 1. The summed E-state index contributed by atoms with van der Waals surface area (Å²) in [4.78, 5) is 17.4. The summed E-state index contributed by atoms with van der Waals surface area (Å²) in [6.45, 7) is 1.71. The van der Waals surface area contributed by atoms with E-state index >= 15 is 0 Å². The van der Waals surface area contributed by atoms with Gasteiger partial charge in [-0.25, -0.2) is 4.98 Å². The average molecular weight is 330 g/mol. The van der Waals surface area contributed by atoms with E-state index in [-0.39, 0.29) is 6.10 Å². The molecule has 1 N–H and O–H groups in total. The van der Waals surface area contributed by atoms with E-state index in [1.165, 1.54) is 0 Å². The zero-order valence-electron chi connectivity index (χ0n) is 12.6. The predicted molar refractivity (Wildman–Crippen MR) is 87.0 cm³/mol. The molecule has 1 aromatic carbocycles. The maximum absolute atomic E-state index is 11.0. The molecule has 0 radical (unpaired) electrons. The van der Waals surface area contributed by atoms with E-state index in [1.807, 2.05) is 29.6 Å². The number of aromatic nitrogens is 1. The lowest BCUT2D eigenvalue weighted by molar-refractivity contribution is -0.125. The number of ether oxygens (including phenoxy) is 1. The molecule has 1 amide bonds. The summed E-state index contributed by atoms with van der Waals surface area (Å²) in [5.41, 5.74) is 2.12. The number of hydrogen-bond acceptors (Lipinski definition) is 5. The van der Waals surface area contributed by atoms with E-state index in [2.05, 4.69) is 0 Å². The molecular weight excluding hydrogens is 312 g/mol. The maximum Gasteiger partial charge on any atom is 0.209 e. The van der Waals surface area contributed by atoms with E-state index in [4.69, 9.17) is 9.72 Å². The number of benzene rings is 1. The molecule has 6 heteroatoms. The van der Waals surface area contributed by atoms with Crippen LogP contribution in [0.25, 0.3) is 11.3 Å². The van der Waals surface area contributed by atoms with Gasteiger partial charge in [-0.1, -0.05) is 24.3 Å². The fourth-order valence-corrected chi connectivity index (χ4v) is 3.83. The van der Waals surface area contributed by atoms with Crippen molar-refractivity contribution in [2.45, 2.75) is 24.5 Å². The highest BCUT2D eigenvalue weighted by atomic mass is 32.1. The monoisotopic (exact) mass is 330 g/mol. The van der Waals surface area contributed by atoms with Crippen molar-refractivity contribution in [2.24, 2.45) is 0 Å². The molecule has 1 saturated heterocycles. The lowest BCUT2D eigenvalue weighted by atomic mass is 9.99. The summed E-state index contributed by atoms with van der Waals surface area (Å²) in [6.07, 6.45) is 2.31. The highest BCUT2D eigenvalue weighted by molar-refractivity contribution is 7.10. The van der Waals surface area contributed by atoms with E-state index < -0.39 is 5.60 Å². The van der Waals surface area contributed by atoms with Gasteiger partial charge in [0, 0.05) is 17.5 Å². The Morgan fingerprint density at radius 2 is 2.22 bits per heavy atom. The van der Waals surface area contributed by atoms with Crippen LogP contribution < -0.4 is 0 Å². The number of amides is 1. The lowest BCUT2D eigenvalue weighted by Gasteiger charge is -2.28. The third-order valence-electron chi connectivity index (χ3n) is 4.47. The molecule has 0 bridgehead atoms. The van der Waals surface area contributed by atoms with Crippen molar-refractivity contribution >= 4 is 17.7 Å². The van der Waals surface area contributed by atoms with E-state index in [9.17, 15) is 9.90 Å². The molecule has 2 aromatic rings. The van der Waals surface area contributed by atoms with Crippen LogP contribution in [-0.4, -0.2) is 41.1 Å². The minimum Gasteiger partial charge on any atom is -0.385 e. The quantitative estimate of drug-likeness (QED) is 0.874. The Hall–Kier alpha value is -1.76. The van der Waals surface area contributed by atoms with Gasteiger partial charge in [-0.2, -0.15) is 0 Å². The lowest BCUT2D eigenvalue weighted by Crippen LogP contribution is -2.37. The number of morpholine rings is 1. The van der Waals surface area contributed by atoms with Crippen LogP contribution in [0.3, 0.4) is 0 Å². The molecule has 23 heavy (non-hydrogen) atoms. The molecule has 5 nitrogen and oxygen atoms in total. The van der Waals surface area contributed by atoms with Crippen LogP contribution in [-0.2, 0) is 15.1 Å². The summed E-state index contributed by atoms with van der Waals surface area (Å²) >= 11 is 1.54. The third kappa shape index (κ3) is 2.78. The minimum absolute atomic E-state index is 0.163. The van der Waals surface area contributed by atoms with Crippen LogP contribution in [0.1, 0.15) is 29.5 Å². The van der Waals surface area contributed by atoms with E-state index in [1.54, 1.807) is 16.2 Å². The summed E-state index contributed by atoms with van der Waals surface area (Å²) in [5.74, 6) is 0. The van der Waals surface area contributed by atoms with Crippen LogP contribution in [0.4, 0.5) is 0 Å². The topological polar surface area (TPSA) is 62.7 Å². The van der Waals surface area contributed by atoms with Crippen LogP contribution in [0, 0.1) is 0 Å². The van der Waals surface area contributed by atoms with Crippen molar-refractivity contribution < 1.29 is 14.6 Å². The van der Waals surface area contributed by atoms with Gasteiger partial charge in [0.25, 0.3) is 0 Å². The average Bonchev–Trinajstić information content (AvgIpc) is 3.16. The van der Waals surface area contributed by atoms with Crippen molar-refractivity contribution in [1.82, 2.24) is 9.88 Å². The molecule has 2 heterocycles. The fourth-order valence-electron chi connectivity index (χ4n) is 2.97. The van der Waals surface area contributed by atoms with Gasteiger partial charge in [-0.15, -0.1) is 11.3 Å². The van der Waals surface area contributed by atoms with Gasteiger partial charge in [0.2, 0.25) is 6.41 Å². The van der Waals surface area contributed by atoms with Crippen LogP contribution >= 0.6 is 11.3 Å². The van der Waals surface area contributed by atoms with Gasteiger partial charge in [-0.05, 0) is 18.4 Å². The molecule has 1 aromatic heterocycles. The molecule has 1 aliphatic carbocycles. The largest absolute Gasteiger partial charge is 0.385 e. The molecular formula is C17H18N2O3S. The molecule has 2 fully saturated rings. The van der Waals surface area contributed by atoms with Gasteiger partial charge in [0.15, 0.2) is 0 Å². The molecule has 1 atom stereocenters. The van der Waals surface area contributed by atoms with Crippen molar-refractivity contribution in [1.29, 1.82) is 0 Å². The number of thiazole rings is 1. The molecule has 120 valence electrons. The van der Waals surface area contributed by atoms with Crippen LogP contribution in [0.15, 0.2) is 29.6 Å².